The van der Waals surface area contributed by atoms with Crippen LogP contribution in [0.3, 0.4) is 0 Å². The van der Waals surface area contributed by atoms with Crippen LogP contribution < -0.4 is 10.0 Å². The Balaban J connectivity index is 1.81. The van der Waals surface area contributed by atoms with Gasteiger partial charge in [-0.25, -0.2) is 17.5 Å². The van der Waals surface area contributed by atoms with Crippen molar-refractivity contribution < 1.29 is 17.6 Å². The van der Waals surface area contributed by atoms with Crippen molar-refractivity contribution in [2.24, 2.45) is 0 Å². The standard InChI is InChI=1S/C16H14ClFN2O3S/c17-14-9-11(18)4-7-15(14)19-16(21)10-2-1-3-13(8-10)24(22,23)20-12-5-6-12/h1-4,7-9,12,20H,5-6H2,(H,19,21). The van der Waals surface area contributed by atoms with E-state index in [1.165, 1.54) is 36.4 Å². The molecule has 1 amide bonds. The minimum absolute atomic E-state index is 0.0206. The van der Waals surface area contributed by atoms with Gasteiger partial charge in [0.25, 0.3) is 5.91 Å². The third-order valence-electron chi connectivity index (χ3n) is 3.49. The second-order valence-electron chi connectivity index (χ2n) is 5.50. The fourth-order valence-corrected chi connectivity index (χ4v) is 3.64. The van der Waals surface area contributed by atoms with E-state index in [0.717, 1.165) is 18.9 Å². The quantitative estimate of drug-likeness (QED) is 0.851. The number of hydrogen-bond donors (Lipinski definition) is 2. The first-order valence-electron chi connectivity index (χ1n) is 7.24. The van der Waals surface area contributed by atoms with E-state index in [9.17, 15) is 17.6 Å². The van der Waals surface area contributed by atoms with Gasteiger partial charge in [0.05, 0.1) is 15.6 Å². The topological polar surface area (TPSA) is 75.3 Å². The van der Waals surface area contributed by atoms with Gasteiger partial charge in [-0.15, -0.1) is 0 Å². The van der Waals surface area contributed by atoms with E-state index in [-0.39, 0.29) is 27.2 Å². The summed E-state index contributed by atoms with van der Waals surface area (Å²) >= 11 is 5.87. The summed E-state index contributed by atoms with van der Waals surface area (Å²) in [5.41, 5.74) is 0.404. The lowest BCUT2D eigenvalue weighted by Gasteiger charge is -2.09. The van der Waals surface area contributed by atoms with E-state index in [4.69, 9.17) is 11.6 Å². The Bertz CT molecular complexity index is 898. The Morgan fingerprint density at radius 3 is 2.58 bits per heavy atom. The monoisotopic (exact) mass is 368 g/mol. The van der Waals surface area contributed by atoms with Crippen LogP contribution in [-0.4, -0.2) is 20.4 Å². The van der Waals surface area contributed by atoms with Crippen LogP contribution in [0, 0.1) is 5.82 Å². The molecular formula is C16H14ClFN2O3S. The summed E-state index contributed by atoms with van der Waals surface area (Å²) in [6.07, 6.45) is 1.64. The second kappa shape index (κ2) is 6.51. The van der Waals surface area contributed by atoms with Crippen LogP contribution in [0.25, 0.3) is 0 Å². The first-order valence-corrected chi connectivity index (χ1v) is 9.10. The molecule has 2 aromatic carbocycles. The molecule has 2 aromatic rings. The number of rotatable bonds is 5. The molecule has 0 unspecified atom stereocenters. The summed E-state index contributed by atoms with van der Waals surface area (Å²) in [5.74, 6) is -1.05. The minimum Gasteiger partial charge on any atom is -0.321 e. The molecule has 0 radical (unpaired) electrons. The van der Waals surface area contributed by atoms with Crippen molar-refractivity contribution in [2.45, 2.75) is 23.8 Å². The predicted molar refractivity (Wildman–Crippen MR) is 89.1 cm³/mol. The number of sulfonamides is 1. The van der Waals surface area contributed by atoms with E-state index in [1.807, 2.05) is 0 Å². The van der Waals surface area contributed by atoms with Crippen LogP contribution in [0.1, 0.15) is 23.2 Å². The van der Waals surface area contributed by atoms with Gasteiger partial charge in [0.1, 0.15) is 5.82 Å². The van der Waals surface area contributed by atoms with Crippen molar-refractivity contribution in [1.82, 2.24) is 4.72 Å². The van der Waals surface area contributed by atoms with Gasteiger partial charge in [-0.05, 0) is 49.2 Å². The Morgan fingerprint density at radius 1 is 1.17 bits per heavy atom. The van der Waals surface area contributed by atoms with Gasteiger partial charge in [-0.2, -0.15) is 0 Å². The molecule has 0 bridgehead atoms. The van der Waals surface area contributed by atoms with Gasteiger partial charge in [0.15, 0.2) is 0 Å². The third kappa shape index (κ3) is 3.92. The van der Waals surface area contributed by atoms with Gasteiger partial charge < -0.3 is 5.32 Å². The van der Waals surface area contributed by atoms with Gasteiger partial charge in [-0.3, -0.25) is 4.79 Å². The number of nitrogens with one attached hydrogen (secondary N) is 2. The molecule has 2 N–H and O–H groups in total. The summed E-state index contributed by atoms with van der Waals surface area (Å²) < 4.78 is 40.0. The number of halogens is 2. The first kappa shape index (κ1) is 16.9. The summed E-state index contributed by atoms with van der Waals surface area (Å²) in [6, 6.07) is 9.25. The van der Waals surface area contributed by atoms with Crippen molar-refractivity contribution in [1.29, 1.82) is 0 Å². The SMILES string of the molecule is O=C(Nc1ccc(F)cc1Cl)c1cccc(S(=O)(=O)NC2CC2)c1. The van der Waals surface area contributed by atoms with E-state index < -0.39 is 21.7 Å². The van der Waals surface area contributed by atoms with Crippen LogP contribution >= 0.6 is 11.6 Å². The number of hydrogen-bond acceptors (Lipinski definition) is 3. The maximum absolute atomic E-state index is 13.0. The van der Waals surface area contributed by atoms with E-state index in [0.29, 0.717) is 0 Å². The Morgan fingerprint density at radius 2 is 1.92 bits per heavy atom. The average molecular weight is 369 g/mol. The highest BCUT2D eigenvalue weighted by atomic mass is 35.5. The van der Waals surface area contributed by atoms with Crippen LogP contribution in [0.15, 0.2) is 47.4 Å². The molecule has 1 saturated carbocycles. The molecule has 0 atom stereocenters. The molecule has 5 nitrogen and oxygen atoms in total. The van der Waals surface area contributed by atoms with Crippen molar-refractivity contribution >= 4 is 33.2 Å². The Hall–Kier alpha value is -1.96. The van der Waals surface area contributed by atoms with Crippen LogP contribution in [-0.2, 0) is 10.0 Å². The Kier molecular flexibility index (Phi) is 4.58. The van der Waals surface area contributed by atoms with Crippen molar-refractivity contribution in [3.8, 4) is 0 Å². The lowest BCUT2D eigenvalue weighted by molar-refractivity contribution is 0.102. The van der Waals surface area contributed by atoms with Crippen molar-refractivity contribution in [3.05, 3.63) is 58.9 Å². The predicted octanol–water partition coefficient (Wildman–Crippen LogP) is 3.17. The smallest absolute Gasteiger partial charge is 0.255 e. The van der Waals surface area contributed by atoms with Crippen molar-refractivity contribution in [2.75, 3.05) is 5.32 Å². The molecule has 1 aliphatic carbocycles. The second-order valence-corrected chi connectivity index (χ2v) is 7.62. The number of benzene rings is 2. The van der Waals surface area contributed by atoms with Crippen molar-refractivity contribution in [3.63, 3.8) is 0 Å². The molecule has 0 aromatic heterocycles. The fourth-order valence-electron chi connectivity index (χ4n) is 2.08. The van der Waals surface area contributed by atoms with Crippen LogP contribution in [0.2, 0.25) is 5.02 Å². The zero-order valence-corrected chi connectivity index (χ0v) is 14.0. The van der Waals surface area contributed by atoms with Gasteiger partial charge in [0, 0.05) is 11.6 Å². The molecule has 0 saturated heterocycles. The maximum atomic E-state index is 13.0. The summed E-state index contributed by atoms with van der Waals surface area (Å²) in [4.78, 5) is 12.3. The highest BCUT2D eigenvalue weighted by Gasteiger charge is 2.28. The number of carbonyl (C=O) groups excluding carboxylic acids is 1. The lowest BCUT2D eigenvalue weighted by Crippen LogP contribution is -2.26. The summed E-state index contributed by atoms with van der Waals surface area (Å²) in [5, 5.41) is 2.59. The summed E-state index contributed by atoms with van der Waals surface area (Å²) in [7, 11) is -3.65. The van der Waals surface area contributed by atoms with Crippen LogP contribution in [0.5, 0.6) is 0 Å². The molecule has 3 rings (SSSR count). The molecule has 0 spiro atoms. The van der Waals surface area contributed by atoms with Gasteiger partial charge in [0.2, 0.25) is 10.0 Å². The largest absolute Gasteiger partial charge is 0.321 e. The molecule has 24 heavy (non-hydrogen) atoms. The lowest BCUT2D eigenvalue weighted by atomic mass is 10.2. The Labute approximate surface area is 143 Å². The zero-order valence-electron chi connectivity index (χ0n) is 12.4. The molecule has 8 heteroatoms. The first-order chi connectivity index (χ1) is 11.3. The number of anilines is 1. The minimum atomic E-state index is -3.65. The maximum Gasteiger partial charge on any atom is 0.255 e. The van der Waals surface area contributed by atoms with E-state index in [1.54, 1.807) is 0 Å². The fraction of sp³-hybridized carbons (Fsp3) is 0.188. The number of carbonyl (C=O) groups is 1. The molecule has 0 aliphatic heterocycles. The number of amides is 1. The van der Waals surface area contributed by atoms with E-state index >= 15 is 0 Å². The van der Waals surface area contributed by atoms with Gasteiger partial charge >= 0.3 is 0 Å². The highest BCUT2D eigenvalue weighted by molar-refractivity contribution is 7.89. The third-order valence-corrected chi connectivity index (χ3v) is 5.32. The zero-order chi connectivity index (χ0) is 17.3. The van der Waals surface area contributed by atoms with Crippen LogP contribution in [0.4, 0.5) is 10.1 Å². The molecular weight excluding hydrogens is 355 g/mol. The van der Waals surface area contributed by atoms with E-state index in [2.05, 4.69) is 10.0 Å². The normalized spacial score (nSPS) is 14.4. The highest BCUT2D eigenvalue weighted by Crippen LogP contribution is 2.24. The summed E-state index contributed by atoms with van der Waals surface area (Å²) in [6.45, 7) is 0. The molecule has 1 aliphatic rings. The molecule has 126 valence electrons. The molecule has 0 heterocycles. The van der Waals surface area contributed by atoms with Gasteiger partial charge in [-0.1, -0.05) is 17.7 Å². The average Bonchev–Trinajstić information content (AvgIpc) is 3.33. The molecule has 1 fully saturated rings.